The molecule has 0 spiro atoms. The van der Waals surface area contributed by atoms with Gasteiger partial charge in [-0.1, -0.05) is 22.0 Å². The fourth-order valence-electron chi connectivity index (χ4n) is 1.46. The average Bonchev–Trinajstić information content (AvgIpc) is 2.38. The van der Waals surface area contributed by atoms with Crippen LogP contribution in [0.3, 0.4) is 0 Å². The molecule has 1 N–H and O–H groups in total. The van der Waals surface area contributed by atoms with Crippen molar-refractivity contribution in [1.82, 2.24) is 15.3 Å². The molecule has 5 heteroatoms. The molecule has 1 aromatic carbocycles. The number of thioether (sulfide) groups is 1. The summed E-state index contributed by atoms with van der Waals surface area (Å²) in [5, 5.41) is 3.08. The molecule has 94 valence electrons. The maximum absolute atomic E-state index is 4.35. The van der Waals surface area contributed by atoms with Gasteiger partial charge in [-0.15, -0.1) is 11.8 Å². The minimum atomic E-state index is 0.788. The number of nitrogens with zero attached hydrogens (tertiary/aromatic N) is 2. The molecule has 0 amide bonds. The summed E-state index contributed by atoms with van der Waals surface area (Å²) in [6, 6.07) is 8.24. The molecule has 18 heavy (non-hydrogen) atoms. The van der Waals surface area contributed by atoms with Crippen molar-refractivity contribution in [3.63, 3.8) is 0 Å². The van der Waals surface area contributed by atoms with Gasteiger partial charge in [0.2, 0.25) is 0 Å². The van der Waals surface area contributed by atoms with Crippen molar-refractivity contribution in [3.8, 4) is 0 Å². The van der Waals surface area contributed by atoms with Crippen LogP contribution in [0.5, 0.6) is 0 Å². The van der Waals surface area contributed by atoms with Crippen molar-refractivity contribution in [1.29, 1.82) is 0 Å². The Kier molecular flexibility index (Phi) is 5.16. The van der Waals surface area contributed by atoms with Gasteiger partial charge in [0.05, 0.1) is 5.75 Å². The summed E-state index contributed by atoms with van der Waals surface area (Å²) in [5.74, 6) is 1.65. The molecule has 0 bridgehead atoms. The summed E-state index contributed by atoms with van der Waals surface area (Å²) < 4.78 is 1.10. The quantitative estimate of drug-likeness (QED) is 0.857. The van der Waals surface area contributed by atoms with E-state index in [1.165, 1.54) is 4.90 Å². The first-order chi connectivity index (χ1) is 8.78. The zero-order valence-corrected chi connectivity index (χ0v) is 12.5. The van der Waals surface area contributed by atoms with Crippen molar-refractivity contribution in [2.45, 2.75) is 17.2 Å². The molecule has 0 aliphatic rings. The fraction of sp³-hybridized carbons (Fsp3) is 0.231. The van der Waals surface area contributed by atoms with E-state index in [1.54, 1.807) is 11.8 Å². The molecular weight excluding hydrogens is 310 g/mol. The van der Waals surface area contributed by atoms with Crippen LogP contribution in [0.1, 0.15) is 11.4 Å². The SMILES string of the molecule is CNCc1cnc(CSc2cccc(Br)c2)nc1. The maximum atomic E-state index is 4.35. The van der Waals surface area contributed by atoms with Gasteiger partial charge in [-0.25, -0.2) is 9.97 Å². The Morgan fingerprint density at radius 1 is 1.28 bits per heavy atom. The van der Waals surface area contributed by atoms with Crippen LogP contribution in [0.15, 0.2) is 46.0 Å². The standard InChI is InChI=1S/C13H14BrN3S/c1-15-6-10-7-16-13(17-8-10)9-18-12-4-2-3-11(14)5-12/h2-5,7-8,15H,6,9H2,1H3. The number of hydrogen-bond donors (Lipinski definition) is 1. The van der Waals surface area contributed by atoms with Gasteiger partial charge in [0, 0.05) is 33.9 Å². The van der Waals surface area contributed by atoms with E-state index in [0.29, 0.717) is 0 Å². The second kappa shape index (κ2) is 6.87. The van der Waals surface area contributed by atoms with Crippen LogP contribution in [0, 0.1) is 0 Å². The van der Waals surface area contributed by atoms with Crippen molar-refractivity contribution < 1.29 is 0 Å². The third-order valence-electron chi connectivity index (χ3n) is 2.30. The number of halogens is 1. The Hall–Kier alpha value is -0.910. The molecule has 0 atom stereocenters. The highest BCUT2D eigenvalue weighted by Crippen LogP contribution is 2.24. The lowest BCUT2D eigenvalue weighted by Crippen LogP contribution is -2.06. The van der Waals surface area contributed by atoms with Crippen LogP contribution in [0.2, 0.25) is 0 Å². The number of hydrogen-bond acceptors (Lipinski definition) is 4. The third-order valence-corrected chi connectivity index (χ3v) is 3.79. The topological polar surface area (TPSA) is 37.8 Å². The lowest BCUT2D eigenvalue weighted by atomic mass is 10.3. The first-order valence-corrected chi connectivity index (χ1v) is 7.38. The Labute approximate surface area is 120 Å². The Morgan fingerprint density at radius 3 is 2.72 bits per heavy atom. The van der Waals surface area contributed by atoms with E-state index in [2.05, 4.69) is 43.3 Å². The first kappa shape index (κ1) is 13.5. The molecule has 2 rings (SSSR count). The van der Waals surface area contributed by atoms with Gasteiger partial charge >= 0.3 is 0 Å². The first-order valence-electron chi connectivity index (χ1n) is 5.60. The van der Waals surface area contributed by atoms with Crippen LogP contribution in [-0.4, -0.2) is 17.0 Å². The number of rotatable bonds is 5. The molecule has 0 saturated heterocycles. The zero-order chi connectivity index (χ0) is 12.8. The van der Waals surface area contributed by atoms with E-state index >= 15 is 0 Å². The maximum Gasteiger partial charge on any atom is 0.138 e. The smallest absolute Gasteiger partial charge is 0.138 e. The van der Waals surface area contributed by atoms with Crippen molar-refractivity contribution in [2.24, 2.45) is 0 Å². The third kappa shape index (κ3) is 4.08. The second-order valence-corrected chi connectivity index (χ2v) is 5.75. The summed E-state index contributed by atoms with van der Waals surface area (Å²) in [6.07, 6.45) is 3.75. The molecule has 3 nitrogen and oxygen atoms in total. The van der Waals surface area contributed by atoms with Gasteiger partial charge in [0.1, 0.15) is 5.82 Å². The van der Waals surface area contributed by atoms with Gasteiger partial charge < -0.3 is 5.32 Å². The molecular formula is C13H14BrN3S. The average molecular weight is 324 g/mol. The van der Waals surface area contributed by atoms with Gasteiger partial charge in [-0.2, -0.15) is 0 Å². The van der Waals surface area contributed by atoms with Gasteiger partial charge in [-0.05, 0) is 25.2 Å². The monoisotopic (exact) mass is 323 g/mol. The van der Waals surface area contributed by atoms with E-state index in [4.69, 9.17) is 0 Å². The Bertz CT molecular complexity index is 502. The number of benzene rings is 1. The molecule has 1 heterocycles. The van der Waals surface area contributed by atoms with Crippen molar-refractivity contribution in [3.05, 3.63) is 52.5 Å². The van der Waals surface area contributed by atoms with Crippen molar-refractivity contribution >= 4 is 27.7 Å². The van der Waals surface area contributed by atoms with Crippen LogP contribution < -0.4 is 5.32 Å². The van der Waals surface area contributed by atoms with E-state index in [0.717, 1.165) is 28.2 Å². The summed E-state index contributed by atoms with van der Waals surface area (Å²) >= 11 is 5.20. The summed E-state index contributed by atoms with van der Waals surface area (Å²) in [5.41, 5.74) is 1.11. The van der Waals surface area contributed by atoms with Crippen LogP contribution in [0.4, 0.5) is 0 Å². The van der Waals surface area contributed by atoms with Gasteiger partial charge in [-0.3, -0.25) is 0 Å². The van der Waals surface area contributed by atoms with E-state index in [1.807, 2.05) is 31.6 Å². The van der Waals surface area contributed by atoms with E-state index < -0.39 is 0 Å². The zero-order valence-electron chi connectivity index (χ0n) is 10.1. The number of aromatic nitrogens is 2. The molecule has 1 aromatic heterocycles. The minimum absolute atomic E-state index is 0.788. The molecule has 0 fully saturated rings. The second-order valence-electron chi connectivity index (χ2n) is 3.78. The Morgan fingerprint density at radius 2 is 2.06 bits per heavy atom. The molecule has 0 radical (unpaired) electrons. The summed E-state index contributed by atoms with van der Waals surface area (Å²) in [4.78, 5) is 9.92. The van der Waals surface area contributed by atoms with E-state index in [9.17, 15) is 0 Å². The molecule has 0 aliphatic heterocycles. The summed E-state index contributed by atoms with van der Waals surface area (Å²) in [7, 11) is 1.91. The lowest BCUT2D eigenvalue weighted by Gasteiger charge is -2.03. The largest absolute Gasteiger partial charge is 0.316 e. The highest BCUT2D eigenvalue weighted by molar-refractivity contribution is 9.10. The molecule has 2 aromatic rings. The van der Waals surface area contributed by atoms with Crippen LogP contribution in [0.25, 0.3) is 0 Å². The minimum Gasteiger partial charge on any atom is -0.316 e. The van der Waals surface area contributed by atoms with Gasteiger partial charge in [0.15, 0.2) is 0 Å². The van der Waals surface area contributed by atoms with E-state index in [-0.39, 0.29) is 0 Å². The normalized spacial score (nSPS) is 10.6. The van der Waals surface area contributed by atoms with Gasteiger partial charge in [0.25, 0.3) is 0 Å². The summed E-state index contributed by atoms with van der Waals surface area (Å²) in [6.45, 7) is 0.805. The number of nitrogens with one attached hydrogen (secondary N) is 1. The molecule has 0 unspecified atom stereocenters. The highest BCUT2D eigenvalue weighted by Gasteiger charge is 2.00. The molecule has 0 saturated carbocycles. The highest BCUT2D eigenvalue weighted by atomic mass is 79.9. The van der Waals surface area contributed by atoms with Crippen LogP contribution >= 0.6 is 27.7 Å². The lowest BCUT2D eigenvalue weighted by molar-refractivity contribution is 0.801. The predicted octanol–water partition coefficient (Wildman–Crippen LogP) is 3.25. The van der Waals surface area contributed by atoms with Crippen molar-refractivity contribution in [2.75, 3.05) is 7.05 Å². The fourth-order valence-corrected chi connectivity index (χ4v) is 2.84. The predicted molar refractivity (Wildman–Crippen MR) is 78.5 cm³/mol. The molecule has 0 aliphatic carbocycles. The van der Waals surface area contributed by atoms with Crippen LogP contribution in [-0.2, 0) is 12.3 Å². The Balaban J connectivity index is 1.93.